The minimum absolute atomic E-state index is 0.0825. The fraction of sp³-hybridized carbons (Fsp3) is 0.607. The highest BCUT2D eigenvalue weighted by molar-refractivity contribution is 7.99. The van der Waals surface area contributed by atoms with Crippen LogP contribution in [-0.2, 0) is 4.79 Å². The van der Waals surface area contributed by atoms with Gasteiger partial charge >= 0.3 is 0 Å². The lowest BCUT2D eigenvalue weighted by Crippen LogP contribution is -2.51. The van der Waals surface area contributed by atoms with E-state index >= 15 is 0 Å². The summed E-state index contributed by atoms with van der Waals surface area (Å²) in [6.45, 7) is 9.82. The second-order valence-corrected chi connectivity index (χ2v) is 12.0. The third-order valence-corrected chi connectivity index (χ3v) is 10.8. The van der Waals surface area contributed by atoms with Crippen molar-refractivity contribution in [2.75, 3.05) is 12.4 Å². The van der Waals surface area contributed by atoms with Crippen LogP contribution in [0.3, 0.4) is 0 Å². The number of Topliss-reactive ketones (excluding diaryl/α,β-unsaturated/α-hetero) is 1. The number of ketones is 1. The molecule has 2 nitrogen and oxygen atoms in total. The van der Waals surface area contributed by atoms with Crippen LogP contribution in [0.2, 0.25) is 0 Å². The zero-order valence-electron chi connectivity index (χ0n) is 19.0. The van der Waals surface area contributed by atoms with Crippen LogP contribution < -0.4 is 0 Å². The van der Waals surface area contributed by atoms with Gasteiger partial charge in [0.2, 0.25) is 0 Å². The molecule has 3 saturated carbocycles. The van der Waals surface area contributed by atoms with Crippen molar-refractivity contribution in [1.82, 2.24) is 0 Å². The first-order valence-electron chi connectivity index (χ1n) is 12.1. The third kappa shape index (κ3) is 3.30. The molecule has 1 aromatic carbocycles. The van der Waals surface area contributed by atoms with Gasteiger partial charge in [-0.1, -0.05) is 44.2 Å². The third-order valence-electron chi connectivity index (χ3n) is 9.72. The number of hydrogen-bond donors (Lipinski definition) is 1. The van der Waals surface area contributed by atoms with Gasteiger partial charge in [0.05, 0.1) is 0 Å². The lowest BCUT2D eigenvalue weighted by atomic mass is 9.45. The molecule has 3 heteroatoms. The zero-order chi connectivity index (χ0) is 21.8. The van der Waals surface area contributed by atoms with Gasteiger partial charge < -0.3 is 5.11 Å². The van der Waals surface area contributed by atoms with Crippen LogP contribution in [0.5, 0.6) is 0 Å². The van der Waals surface area contributed by atoms with E-state index in [1.165, 1.54) is 41.7 Å². The van der Waals surface area contributed by atoms with Crippen LogP contribution >= 0.6 is 11.8 Å². The molecule has 0 amide bonds. The summed E-state index contributed by atoms with van der Waals surface area (Å²) in [5.74, 6) is 3.57. The summed E-state index contributed by atoms with van der Waals surface area (Å²) in [6.07, 6.45) is 7.58. The number of aliphatic hydroxyl groups is 1. The van der Waals surface area contributed by atoms with E-state index in [0.717, 1.165) is 24.2 Å². The first kappa shape index (κ1) is 21.5. The molecule has 4 aliphatic carbocycles. The Morgan fingerprint density at radius 1 is 1.10 bits per heavy atom. The Morgan fingerprint density at radius 3 is 2.61 bits per heavy atom. The average molecular weight is 437 g/mol. The molecule has 6 atom stereocenters. The summed E-state index contributed by atoms with van der Waals surface area (Å²) in [5.41, 5.74) is 3.98. The molecule has 1 aromatic rings. The maximum atomic E-state index is 13.1. The lowest BCUT2D eigenvalue weighted by Gasteiger charge is -2.59. The summed E-state index contributed by atoms with van der Waals surface area (Å²) < 4.78 is 0. The summed E-state index contributed by atoms with van der Waals surface area (Å²) in [7, 11) is 0. The van der Waals surface area contributed by atoms with Crippen LogP contribution in [0.4, 0.5) is 0 Å². The number of carbonyl (C=O) groups is 1. The number of aliphatic hydroxyl groups excluding tert-OH is 1. The standard InChI is InChI=1S/C28H36O2S/c1-18-15-21-23-10-9-19(16-29)27(23,2)13-11-24(21)28(3)14-12-25(30)22(26(18)28)17-31-20-7-5-4-6-8-20/h4-8,19,21,23-24,29H,1,9-17H2,2-3H3/t19?,21-,23-,24+,27+,28+/m0/s1. The fourth-order valence-electron chi connectivity index (χ4n) is 8.10. The van der Waals surface area contributed by atoms with Crippen molar-refractivity contribution in [2.45, 2.75) is 63.7 Å². The SMILES string of the molecule is C=C1C[C@@H]2[C@@H](CC[C@]3(C)C(CO)CC[C@@H]23)[C@@]2(C)CCC(=O)C(CSc3ccccc3)=C12. The van der Waals surface area contributed by atoms with Gasteiger partial charge in [0, 0.05) is 29.2 Å². The molecular formula is C28H36O2S. The van der Waals surface area contributed by atoms with E-state index in [0.29, 0.717) is 42.5 Å². The van der Waals surface area contributed by atoms with Crippen molar-refractivity contribution in [3.8, 4) is 0 Å². The maximum Gasteiger partial charge on any atom is 0.160 e. The van der Waals surface area contributed by atoms with Gasteiger partial charge in [-0.2, -0.15) is 0 Å². The minimum Gasteiger partial charge on any atom is -0.396 e. The van der Waals surface area contributed by atoms with Gasteiger partial charge in [-0.25, -0.2) is 0 Å². The Kier molecular flexibility index (Phi) is 5.50. The molecule has 31 heavy (non-hydrogen) atoms. The molecular weight excluding hydrogens is 400 g/mol. The number of carbonyl (C=O) groups excluding carboxylic acids is 1. The molecule has 0 aromatic heterocycles. The van der Waals surface area contributed by atoms with E-state index in [9.17, 15) is 9.90 Å². The predicted octanol–water partition coefficient (Wildman–Crippen LogP) is 6.46. The highest BCUT2D eigenvalue weighted by Gasteiger charge is 2.60. The van der Waals surface area contributed by atoms with Gasteiger partial charge in [-0.15, -0.1) is 11.8 Å². The number of allylic oxidation sites excluding steroid dienone is 2. The van der Waals surface area contributed by atoms with Crippen molar-refractivity contribution in [1.29, 1.82) is 0 Å². The molecule has 4 aliphatic rings. The summed E-state index contributed by atoms with van der Waals surface area (Å²) in [5, 5.41) is 10.0. The molecule has 5 rings (SSSR count). The van der Waals surface area contributed by atoms with Crippen molar-refractivity contribution < 1.29 is 9.90 Å². The van der Waals surface area contributed by atoms with Crippen molar-refractivity contribution in [2.24, 2.45) is 34.5 Å². The molecule has 1 unspecified atom stereocenters. The molecule has 0 radical (unpaired) electrons. The summed E-state index contributed by atoms with van der Waals surface area (Å²) in [4.78, 5) is 14.3. The zero-order valence-corrected chi connectivity index (χ0v) is 19.8. The molecule has 0 saturated heterocycles. The minimum atomic E-state index is 0.0825. The van der Waals surface area contributed by atoms with Crippen molar-refractivity contribution in [3.63, 3.8) is 0 Å². The quantitative estimate of drug-likeness (QED) is 0.551. The van der Waals surface area contributed by atoms with E-state index < -0.39 is 0 Å². The predicted molar refractivity (Wildman–Crippen MR) is 128 cm³/mol. The Labute approximate surface area is 191 Å². The molecule has 166 valence electrons. The van der Waals surface area contributed by atoms with E-state index in [-0.39, 0.29) is 10.8 Å². The molecule has 3 fully saturated rings. The van der Waals surface area contributed by atoms with Crippen LogP contribution in [0.1, 0.15) is 58.8 Å². The Bertz CT molecular complexity index is 918. The fourth-order valence-corrected chi connectivity index (χ4v) is 9.07. The second kappa shape index (κ2) is 7.92. The van der Waals surface area contributed by atoms with E-state index in [1.54, 1.807) is 11.8 Å². The molecule has 0 bridgehead atoms. The molecule has 0 heterocycles. The van der Waals surface area contributed by atoms with Gasteiger partial charge in [0.1, 0.15) is 0 Å². The van der Waals surface area contributed by atoms with Crippen LogP contribution in [-0.4, -0.2) is 23.2 Å². The Morgan fingerprint density at radius 2 is 1.87 bits per heavy atom. The van der Waals surface area contributed by atoms with E-state index in [1.807, 2.05) is 6.07 Å². The molecule has 0 aliphatic heterocycles. The largest absolute Gasteiger partial charge is 0.396 e. The maximum absolute atomic E-state index is 13.1. The van der Waals surface area contributed by atoms with Crippen LogP contribution in [0, 0.1) is 34.5 Å². The van der Waals surface area contributed by atoms with Crippen LogP contribution in [0.25, 0.3) is 0 Å². The monoisotopic (exact) mass is 436 g/mol. The highest BCUT2D eigenvalue weighted by Crippen LogP contribution is 2.67. The lowest BCUT2D eigenvalue weighted by molar-refractivity contribution is -0.118. The number of rotatable bonds is 4. The van der Waals surface area contributed by atoms with Crippen molar-refractivity contribution >= 4 is 17.5 Å². The molecule has 0 spiro atoms. The van der Waals surface area contributed by atoms with Gasteiger partial charge in [-0.3, -0.25) is 4.79 Å². The van der Waals surface area contributed by atoms with Gasteiger partial charge in [0.25, 0.3) is 0 Å². The molecule has 1 N–H and O–H groups in total. The topological polar surface area (TPSA) is 37.3 Å². The first-order chi connectivity index (χ1) is 14.9. The highest BCUT2D eigenvalue weighted by atomic mass is 32.2. The van der Waals surface area contributed by atoms with Crippen molar-refractivity contribution in [3.05, 3.63) is 53.6 Å². The second-order valence-electron chi connectivity index (χ2n) is 11.0. The summed E-state index contributed by atoms with van der Waals surface area (Å²) in [6, 6.07) is 10.4. The average Bonchev–Trinajstić information content (AvgIpc) is 3.11. The number of hydrogen-bond acceptors (Lipinski definition) is 3. The smallest absolute Gasteiger partial charge is 0.160 e. The van der Waals surface area contributed by atoms with Gasteiger partial charge in [0.15, 0.2) is 5.78 Å². The van der Waals surface area contributed by atoms with E-state index in [4.69, 9.17) is 0 Å². The number of fused-ring (bicyclic) bond motifs is 5. The van der Waals surface area contributed by atoms with Crippen LogP contribution in [0.15, 0.2) is 58.5 Å². The number of benzene rings is 1. The first-order valence-corrected chi connectivity index (χ1v) is 13.1. The van der Waals surface area contributed by atoms with Gasteiger partial charge in [-0.05, 0) is 90.7 Å². The Hall–Kier alpha value is -1.32. The Balaban J connectivity index is 1.48. The summed E-state index contributed by atoms with van der Waals surface area (Å²) >= 11 is 1.79. The normalized spacial score (nSPS) is 39.8. The van der Waals surface area contributed by atoms with E-state index in [2.05, 4.69) is 44.7 Å². The number of thioether (sulfide) groups is 1.